The number of amides is 1. The predicted molar refractivity (Wildman–Crippen MR) is 38.0 cm³/mol. The van der Waals surface area contributed by atoms with Crippen molar-refractivity contribution in [2.45, 2.75) is 18.9 Å². The molecule has 11 heavy (non-hydrogen) atoms. The van der Waals surface area contributed by atoms with Crippen LogP contribution in [0.1, 0.15) is 12.8 Å². The van der Waals surface area contributed by atoms with Gasteiger partial charge in [-0.3, -0.25) is 0 Å². The fourth-order valence-corrected chi connectivity index (χ4v) is 1.26. The van der Waals surface area contributed by atoms with Crippen molar-refractivity contribution in [3.63, 3.8) is 0 Å². The molecule has 1 amide bonds. The van der Waals surface area contributed by atoms with Gasteiger partial charge in [-0.05, 0) is 12.8 Å². The van der Waals surface area contributed by atoms with Crippen LogP contribution < -0.4 is 0 Å². The van der Waals surface area contributed by atoms with Crippen LogP contribution in [0.25, 0.3) is 0 Å². The first-order valence-electron chi connectivity index (χ1n) is 3.43. The minimum atomic E-state index is -0.951. The molecule has 2 N–H and O–H groups in total. The lowest BCUT2D eigenvalue weighted by atomic mass is 10.2. The minimum Gasteiger partial charge on any atom is -0.465 e. The first-order chi connectivity index (χ1) is 5.25. The van der Waals surface area contributed by atoms with E-state index < -0.39 is 6.09 Å². The van der Waals surface area contributed by atoms with Gasteiger partial charge in [0.05, 0.1) is 12.3 Å². The quantitative estimate of drug-likeness (QED) is 0.333. The Morgan fingerprint density at radius 2 is 2.45 bits per heavy atom. The van der Waals surface area contributed by atoms with E-state index in [0.717, 1.165) is 12.8 Å². The first kappa shape index (κ1) is 7.84. The van der Waals surface area contributed by atoms with Gasteiger partial charge in [-0.15, -0.1) is 0 Å². The molecule has 0 unspecified atom stereocenters. The van der Waals surface area contributed by atoms with Crippen molar-refractivity contribution in [3.05, 3.63) is 0 Å². The number of rotatable bonds is 1. The van der Waals surface area contributed by atoms with Crippen molar-refractivity contribution in [1.82, 2.24) is 4.90 Å². The lowest BCUT2D eigenvalue weighted by Crippen LogP contribution is -2.35. The number of nitrogens with zero attached hydrogens (tertiary/aromatic N) is 2. The third-order valence-electron chi connectivity index (χ3n) is 1.78. The van der Waals surface area contributed by atoms with E-state index in [1.54, 1.807) is 0 Å². The molecule has 0 spiro atoms. The maximum absolute atomic E-state index is 10.5. The van der Waals surface area contributed by atoms with Crippen molar-refractivity contribution in [3.8, 4) is 0 Å². The Balaban J connectivity index is 2.57. The van der Waals surface area contributed by atoms with Gasteiger partial charge >= 0.3 is 6.09 Å². The van der Waals surface area contributed by atoms with Gasteiger partial charge in [0.2, 0.25) is 0 Å². The van der Waals surface area contributed by atoms with E-state index >= 15 is 0 Å². The summed E-state index contributed by atoms with van der Waals surface area (Å²) in [4.78, 5) is 11.7. The molecule has 5 heteroatoms. The van der Waals surface area contributed by atoms with Gasteiger partial charge in [0.15, 0.2) is 0 Å². The molecule has 62 valence electrons. The second kappa shape index (κ2) is 3.23. The molecule has 0 bridgehead atoms. The third-order valence-corrected chi connectivity index (χ3v) is 1.78. The lowest BCUT2D eigenvalue weighted by Gasteiger charge is -2.16. The van der Waals surface area contributed by atoms with Gasteiger partial charge in [-0.2, -0.15) is 0 Å². The van der Waals surface area contributed by atoms with Crippen molar-refractivity contribution >= 4 is 12.3 Å². The summed E-state index contributed by atoms with van der Waals surface area (Å²) in [5.74, 6) is 0. The molecule has 1 saturated heterocycles. The van der Waals surface area contributed by atoms with E-state index in [1.807, 2.05) is 0 Å². The van der Waals surface area contributed by atoms with E-state index in [-0.39, 0.29) is 6.04 Å². The van der Waals surface area contributed by atoms with Gasteiger partial charge < -0.3 is 15.2 Å². The largest absolute Gasteiger partial charge is 0.465 e. The Morgan fingerprint density at radius 1 is 1.73 bits per heavy atom. The highest BCUT2D eigenvalue weighted by Crippen LogP contribution is 2.14. The Kier molecular flexibility index (Phi) is 2.30. The Labute approximate surface area is 63.9 Å². The summed E-state index contributed by atoms with van der Waals surface area (Å²) in [7, 11) is 0. The summed E-state index contributed by atoms with van der Waals surface area (Å²) in [5, 5.41) is 19.6. The topological polar surface area (TPSA) is 73.1 Å². The zero-order chi connectivity index (χ0) is 8.27. The second-order valence-corrected chi connectivity index (χ2v) is 2.45. The zero-order valence-corrected chi connectivity index (χ0v) is 5.97. The average molecular weight is 158 g/mol. The van der Waals surface area contributed by atoms with Crippen LogP contribution in [0.3, 0.4) is 0 Å². The van der Waals surface area contributed by atoms with Crippen LogP contribution >= 0.6 is 0 Å². The SMILES string of the molecule is O=C(O)N1CCC[C@@H]1C=NO. The molecular formula is C6H10N2O3. The van der Waals surface area contributed by atoms with Crippen molar-refractivity contribution in [2.75, 3.05) is 6.54 Å². The monoisotopic (exact) mass is 158 g/mol. The van der Waals surface area contributed by atoms with Crippen LogP contribution in [0.15, 0.2) is 5.16 Å². The molecule has 0 radical (unpaired) electrons. The summed E-state index contributed by atoms with van der Waals surface area (Å²) < 4.78 is 0. The molecule has 1 aliphatic rings. The van der Waals surface area contributed by atoms with Gasteiger partial charge in [0.1, 0.15) is 0 Å². The fraction of sp³-hybridized carbons (Fsp3) is 0.667. The van der Waals surface area contributed by atoms with Gasteiger partial charge in [-0.1, -0.05) is 5.16 Å². The summed E-state index contributed by atoms with van der Waals surface area (Å²) in [6.07, 6.45) is 1.88. The van der Waals surface area contributed by atoms with Crippen LogP contribution in [0.2, 0.25) is 0 Å². The number of hydrogen-bond acceptors (Lipinski definition) is 3. The Hall–Kier alpha value is -1.26. The smallest absolute Gasteiger partial charge is 0.407 e. The molecule has 0 aromatic carbocycles. The van der Waals surface area contributed by atoms with Crippen molar-refractivity contribution in [2.24, 2.45) is 5.16 Å². The lowest BCUT2D eigenvalue weighted by molar-refractivity contribution is 0.149. The molecule has 1 heterocycles. The molecule has 0 aromatic rings. The second-order valence-electron chi connectivity index (χ2n) is 2.45. The van der Waals surface area contributed by atoms with Gasteiger partial charge in [-0.25, -0.2) is 4.79 Å². The van der Waals surface area contributed by atoms with E-state index in [0.29, 0.717) is 6.54 Å². The van der Waals surface area contributed by atoms with Crippen LogP contribution in [-0.2, 0) is 0 Å². The van der Waals surface area contributed by atoms with Crippen LogP contribution in [0, 0.1) is 0 Å². The van der Waals surface area contributed by atoms with Crippen molar-refractivity contribution < 1.29 is 15.1 Å². The third kappa shape index (κ3) is 1.60. The summed E-state index contributed by atoms with van der Waals surface area (Å²) >= 11 is 0. The molecule has 0 saturated carbocycles. The summed E-state index contributed by atoms with van der Waals surface area (Å²) in [6.45, 7) is 0.534. The number of carboxylic acid groups (broad SMARTS) is 1. The van der Waals surface area contributed by atoms with E-state index in [1.165, 1.54) is 11.1 Å². The highest BCUT2D eigenvalue weighted by Gasteiger charge is 2.26. The number of likely N-dealkylation sites (tertiary alicyclic amines) is 1. The number of hydrogen-bond donors (Lipinski definition) is 2. The molecule has 0 aromatic heterocycles. The molecule has 1 atom stereocenters. The van der Waals surface area contributed by atoms with E-state index in [9.17, 15) is 4.79 Å². The standard InChI is InChI=1S/C6H10N2O3/c9-6(10)8-3-1-2-5(8)4-7-11/h4-5,11H,1-3H2,(H,9,10)/t5-/m1/s1. The predicted octanol–water partition coefficient (Wildman–Crippen LogP) is 0.589. The maximum Gasteiger partial charge on any atom is 0.407 e. The fourth-order valence-electron chi connectivity index (χ4n) is 1.26. The molecule has 5 nitrogen and oxygen atoms in total. The Morgan fingerprint density at radius 3 is 3.00 bits per heavy atom. The van der Waals surface area contributed by atoms with Crippen molar-refractivity contribution in [1.29, 1.82) is 0 Å². The number of carbonyl (C=O) groups is 1. The molecule has 0 aliphatic carbocycles. The molecular weight excluding hydrogens is 148 g/mol. The average Bonchev–Trinajstić information content (AvgIpc) is 2.36. The Bertz CT molecular complexity index is 181. The molecule has 1 aliphatic heterocycles. The van der Waals surface area contributed by atoms with E-state index in [2.05, 4.69) is 5.16 Å². The highest BCUT2D eigenvalue weighted by atomic mass is 16.4. The summed E-state index contributed by atoms with van der Waals surface area (Å²) in [6, 6.07) is -0.238. The van der Waals surface area contributed by atoms with Crippen LogP contribution in [0.5, 0.6) is 0 Å². The maximum atomic E-state index is 10.5. The number of oxime groups is 1. The normalized spacial score (nSPS) is 24.7. The van der Waals surface area contributed by atoms with Crippen LogP contribution in [0.4, 0.5) is 4.79 Å². The first-order valence-corrected chi connectivity index (χ1v) is 3.43. The highest BCUT2D eigenvalue weighted by molar-refractivity contribution is 5.74. The summed E-state index contributed by atoms with van der Waals surface area (Å²) in [5.41, 5.74) is 0. The molecule has 1 fully saturated rings. The van der Waals surface area contributed by atoms with E-state index in [4.69, 9.17) is 10.3 Å². The van der Waals surface area contributed by atoms with Crippen LogP contribution in [-0.4, -0.2) is 40.1 Å². The zero-order valence-electron chi connectivity index (χ0n) is 5.97. The molecule has 1 rings (SSSR count). The van der Waals surface area contributed by atoms with Gasteiger partial charge in [0.25, 0.3) is 0 Å². The van der Waals surface area contributed by atoms with Gasteiger partial charge in [0, 0.05) is 6.54 Å². The minimum absolute atomic E-state index is 0.238.